The number of nitrogens with one attached hydrogen (secondary N) is 2. The van der Waals surface area contributed by atoms with E-state index in [9.17, 15) is 49.2 Å². The molecule has 2 aliphatic rings. The summed E-state index contributed by atoms with van der Waals surface area (Å²) in [6, 6.07) is 3.57. The van der Waals surface area contributed by atoms with Crippen molar-refractivity contribution in [3.05, 3.63) is 40.7 Å². The molecule has 2 amide bonds. The Hall–Kier alpha value is -4.16. The highest BCUT2D eigenvalue weighted by Gasteiger charge is 2.45. The molecule has 1 fully saturated rings. The molecule has 56 heavy (non-hydrogen) atoms. The second-order valence-corrected chi connectivity index (χ2v) is 17.2. The first-order valence-electron chi connectivity index (χ1n) is 17.3. The minimum Gasteiger partial charge on any atom is -0.462 e. The topological polar surface area (TPSA) is 306 Å². The zero-order valence-electron chi connectivity index (χ0n) is 31.4. The lowest BCUT2D eigenvalue weighted by molar-refractivity contribution is -0.150. The summed E-state index contributed by atoms with van der Waals surface area (Å²) in [6.07, 6.45) is -0.252. The molecule has 2 aromatic rings. The molecule has 1 saturated carbocycles. The molecular formula is C33H50F3N7O11S2. The fourth-order valence-corrected chi connectivity index (χ4v) is 6.04. The Balaban J connectivity index is 0.000000961. The van der Waals surface area contributed by atoms with Crippen LogP contribution in [0.4, 0.5) is 18.9 Å². The predicted molar refractivity (Wildman–Crippen MR) is 198 cm³/mol. The van der Waals surface area contributed by atoms with E-state index in [-0.39, 0.29) is 60.8 Å². The standard InChI is InChI=1S/C31H42F3N7O5.2CH4O3S/c1-30(2)15-23-26(24(42)16-30)27(31(32,33)34)40-41(23)18-7-10-20(28(37)44)22(14-18)39-17-5-8-19(9-6-17)46-25(43)11-13-38-29(45)21(36)4-3-12-35;2*1-5(2,3)4/h7,10,14,17,19,21,39H,3-6,8-9,11-13,15-16,35-36H2,1-2H3,(H2,37,44)(H,38,45);2*1H3,(H,2,3,4)/t17?,19?,21-;;/m0../s1. The number of amides is 2. The number of primary amides is 1. The second kappa shape index (κ2) is 19.8. The van der Waals surface area contributed by atoms with Gasteiger partial charge >= 0.3 is 12.1 Å². The SMILES string of the molecule is CC1(C)CC(=O)c2c(C(F)(F)F)nn(-c3ccc(C(N)=O)c(NC4CCC(OC(=O)CCNC(=O)[C@@H](N)CCCN)CC4)c3)c2C1.CS(=O)(=O)O.CS(=O)(=O)O. The van der Waals surface area contributed by atoms with Crippen molar-refractivity contribution in [2.45, 2.75) is 96.0 Å². The monoisotopic (exact) mass is 841 g/mol. The molecule has 0 unspecified atom stereocenters. The van der Waals surface area contributed by atoms with Crippen LogP contribution in [0.5, 0.6) is 0 Å². The number of nitrogens with two attached hydrogens (primary N) is 3. The Morgan fingerprint density at radius 3 is 2.14 bits per heavy atom. The van der Waals surface area contributed by atoms with Crippen molar-refractivity contribution >= 4 is 49.5 Å². The highest BCUT2D eigenvalue weighted by molar-refractivity contribution is 7.85. The van der Waals surface area contributed by atoms with Gasteiger partial charge in [0.2, 0.25) is 5.91 Å². The van der Waals surface area contributed by atoms with Crippen LogP contribution in [0.15, 0.2) is 18.2 Å². The van der Waals surface area contributed by atoms with Gasteiger partial charge in [0.1, 0.15) is 6.10 Å². The average Bonchev–Trinajstić information content (AvgIpc) is 3.42. The average molecular weight is 842 g/mol. The highest BCUT2D eigenvalue weighted by atomic mass is 32.2. The van der Waals surface area contributed by atoms with E-state index in [1.54, 1.807) is 0 Å². The maximum absolute atomic E-state index is 13.9. The lowest BCUT2D eigenvalue weighted by Crippen LogP contribution is -2.41. The third kappa shape index (κ3) is 16.5. The zero-order chi connectivity index (χ0) is 42.8. The van der Waals surface area contributed by atoms with Crippen molar-refractivity contribution in [2.24, 2.45) is 22.6 Å². The van der Waals surface area contributed by atoms with Gasteiger partial charge in [-0.3, -0.25) is 28.3 Å². The number of nitrogens with zero attached hydrogens (tertiary/aromatic N) is 2. The summed E-state index contributed by atoms with van der Waals surface area (Å²) in [5.41, 5.74) is 15.5. The number of aromatic nitrogens is 2. The quantitative estimate of drug-likeness (QED) is 0.119. The van der Waals surface area contributed by atoms with Gasteiger partial charge in [-0.2, -0.15) is 35.1 Å². The summed E-state index contributed by atoms with van der Waals surface area (Å²) in [5, 5.41) is 9.76. The summed E-state index contributed by atoms with van der Waals surface area (Å²) >= 11 is 0. The maximum atomic E-state index is 13.9. The zero-order valence-corrected chi connectivity index (χ0v) is 33.0. The predicted octanol–water partition coefficient (Wildman–Crippen LogP) is 1.99. The Morgan fingerprint density at radius 2 is 1.62 bits per heavy atom. The van der Waals surface area contributed by atoms with Gasteiger partial charge in [-0.25, -0.2) is 4.68 Å². The minimum atomic E-state index is -4.82. The smallest absolute Gasteiger partial charge is 0.435 e. The van der Waals surface area contributed by atoms with E-state index < -0.39 is 66.8 Å². The number of ketones is 1. The number of carbonyl (C=O) groups is 4. The largest absolute Gasteiger partial charge is 0.462 e. The highest BCUT2D eigenvalue weighted by Crippen LogP contribution is 2.42. The molecule has 0 bridgehead atoms. The Labute approximate surface area is 322 Å². The summed E-state index contributed by atoms with van der Waals surface area (Å²) in [4.78, 5) is 49.4. The van der Waals surface area contributed by atoms with Gasteiger partial charge < -0.3 is 32.6 Å². The van der Waals surface area contributed by atoms with Gasteiger partial charge in [0.15, 0.2) is 11.5 Å². The molecule has 10 N–H and O–H groups in total. The summed E-state index contributed by atoms with van der Waals surface area (Å²) in [6.45, 7) is 4.17. The third-order valence-corrected chi connectivity index (χ3v) is 8.34. The Bertz CT molecular complexity index is 1900. The molecular weight excluding hydrogens is 792 g/mol. The van der Waals surface area contributed by atoms with Crippen LogP contribution in [-0.4, -0.2) is 103 Å². The van der Waals surface area contributed by atoms with E-state index in [1.165, 1.54) is 18.2 Å². The number of fused-ring (bicyclic) bond motifs is 1. The fraction of sp³-hybridized carbons (Fsp3) is 0.606. The van der Waals surface area contributed by atoms with Gasteiger partial charge in [0.25, 0.3) is 26.1 Å². The molecule has 0 spiro atoms. The molecule has 23 heteroatoms. The van der Waals surface area contributed by atoms with E-state index in [1.807, 2.05) is 13.8 Å². The lowest BCUT2D eigenvalue weighted by atomic mass is 9.75. The van der Waals surface area contributed by atoms with E-state index in [0.29, 0.717) is 63.3 Å². The Morgan fingerprint density at radius 1 is 1.05 bits per heavy atom. The number of esters is 1. The van der Waals surface area contributed by atoms with Crippen LogP contribution >= 0.6 is 0 Å². The molecule has 1 atom stereocenters. The molecule has 1 aromatic carbocycles. The van der Waals surface area contributed by atoms with Crippen molar-refractivity contribution < 1.29 is 63.0 Å². The molecule has 4 rings (SSSR count). The number of alkyl halides is 3. The van der Waals surface area contributed by atoms with E-state index in [0.717, 1.165) is 4.68 Å². The number of halogens is 3. The van der Waals surface area contributed by atoms with Gasteiger partial charge in [-0.15, -0.1) is 0 Å². The number of rotatable bonds is 12. The molecule has 1 aromatic heterocycles. The molecule has 0 aliphatic heterocycles. The van der Waals surface area contributed by atoms with Crippen molar-refractivity contribution in [3.63, 3.8) is 0 Å². The van der Waals surface area contributed by atoms with Gasteiger partial charge in [0, 0.05) is 24.7 Å². The molecule has 316 valence electrons. The number of ether oxygens (including phenoxy) is 1. The summed E-state index contributed by atoms with van der Waals surface area (Å²) in [5.74, 6) is -2.13. The van der Waals surface area contributed by atoms with Crippen LogP contribution in [0.25, 0.3) is 5.69 Å². The molecule has 0 radical (unpaired) electrons. The van der Waals surface area contributed by atoms with Gasteiger partial charge in [0.05, 0.1) is 47.5 Å². The van der Waals surface area contributed by atoms with Crippen molar-refractivity contribution in [1.82, 2.24) is 15.1 Å². The first-order chi connectivity index (χ1) is 25.6. The molecule has 0 saturated heterocycles. The second-order valence-electron chi connectivity index (χ2n) is 14.3. The van der Waals surface area contributed by atoms with Crippen LogP contribution in [0.3, 0.4) is 0 Å². The van der Waals surface area contributed by atoms with E-state index >= 15 is 0 Å². The fourth-order valence-electron chi connectivity index (χ4n) is 6.04. The molecule has 2 aliphatic carbocycles. The van der Waals surface area contributed by atoms with Crippen LogP contribution in [-0.2, 0) is 47.2 Å². The van der Waals surface area contributed by atoms with E-state index in [2.05, 4.69) is 15.7 Å². The number of Topliss-reactive ketones (excluding diaryl/α,β-unsaturated/α-hetero) is 1. The minimum absolute atomic E-state index is 0.00173. The number of carbonyl (C=O) groups excluding carboxylic acids is 4. The van der Waals surface area contributed by atoms with Crippen LogP contribution < -0.4 is 27.8 Å². The first kappa shape index (κ1) is 48.0. The van der Waals surface area contributed by atoms with Crippen LogP contribution in [0.1, 0.15) is 97.3 Å². The maximum Gasteiger partial charge on any atom is 0.435 e. The first-order valence-corrected chi connectivity index (χ1v) is 21.0. The van der Waals surface area contributed by atoms with Crippen molar-refractivity contribution in [2.75, 3.05) is 30.9 Å². The Kier molecular flexibility index (Phi) is 17.0. The summed E-state index contributed by atoms with van der Waals surface area (Å²) < 4.78 is 100. The van der Waals surface area contributed by atoms with Crippen LogP contribution in [0, 0.1) is 5.41 Å². The van der Waals surface area contributed by atoms with Crippen molar-refractivity contribution in [3.8, 4) is 5.69 Å². The summed E-state index contributed by atoms with van der Waals surface area (Å²) in [7, 11) is -7.33. The number of anilines is 1. The number of benzene rings is 1. The molecule has 18 nitrogen and oxygen atoms in total. The lowest BCUT2D eigenvalue weighted by Gasteiger charge is -2.30. The number of hydrogen-bond donors (Lipinski definition) is 7. The van der Waals surface area contributed by atoms with Crippen molar-refractivity contribution in [1.29, 1.82) is 0 Å². The van der Waals surface area contributed by atoms with Gasteiger partial charge in [-0.1, -0.05) is 13.8 Å². The molecule has 1 heterocycles. The van der Waals surface area contributed by atoms with Gasteiger partial charge in [-0.05, 0) is 75.1 Å². The normalized spacial score (nSPS) is 18.5. The third-order valence-electron chi connectivity index (χ3n) is 8.34. The van der Waals surface area contributed by atoms with Crippen LogP contribution in [0.2, 0.25) is 0 Å². The van der Waals surface area contributed by atoms with E-state index in [4.69, 9.17) is 31.0 Å². The number of hydrogen-bond acceptors (Lipinski definition) is 13.